The minimum Gasteiger partial charge on any atom is -0.459 e. The number of ether oxygens (including phenoxy) is 1. The molecule has 1 N–H and O–H groups in total. The van der Waals surface area contributed by atoms with Crippen molar-refractivity contribution in [2.75, 3.05) is 0 Å². The summed E-state index contributed by atoms with van der Waals surface area (Å²) in [6.07, 6.45) is 0. The van der Waals surface area contributed by atoms with Gasteiger partial charge in [-0.2, -0.15) is 0 Å². The summed E-state index contributed by atoms with van der Waals surface area (Å²) in [5.41, 5.74) is 0.286. The minimum absolute atomic E-state index is 0.124. The van der Waals surface area contributed by atoms with E-state index >= 15 is 0 Å². The van der Waals surface area contributed by atoms with Gasteiger partial charge in [-0.25, -0.2) is 4.39 Å². The molecule has 0 bridgehead atoms. The quantitative estimate of drug-likeness (QED) is 0.633. The Morgan fingerprint density at radius 1 is 1.41 bits per heavy atom. The molecule has 1 aliphatic heterocycles. The van der Waals surface area contributed by atoms with Crippen LogP contribution in [0, 0.1) is 5.82 Å². The fourth-order valence-electron chi connectivity index (χ4n) is 1.70. The van der Waals surface area contributed by atoms with Gasteiger partial charge in [-0.05, 0) is 38.5 Å². The fourth-order valence-corrected chi connectivity index (χ4v) is 1.70. The maximum absolute atomic E-state index is 13.0. The van der Waals surface area contributed by atoms with Gasteiger partial charge in [-0.1, -0.05) is 12.1 Å². The molecule has 0 amide bonds. The van der Waals surface area contributed by atoms with E-state index in [9.17, 15) is 9.18 Å². The number of rotatable bonds is 2. The molecule has 1 heterocycles. The SMILES string of the molecule is CC(C)(C)OC(=O)[C@H]1N[C@H]1c1cccc(F)c1. The van der Waals surface area contributed by atoms with Crippen molar-refractivity contribution in [3.8, 4) is 0 Å². The molecule has 0 aliphatic carbocycles. The molecule has 0 spiro atoms. The number of hydrogen-bond donors (Lipinski definition) is 1. The topological polar surface area (TPSA) is 48.2 Å². The Morgan fingerprint density at radius 3 is 2.71 bits per heavy atom. The zero-order chi connectivity index (χ0) is 12.6. The molecule has 0 unspecified atom stereocenters. The highest BCUT2D eigenvalue weighted by molar-refractivity contribution is 5.81. The molecule has 2 rings (SSSR count). The standard InChI is InChI=1S/C13H16FNO2/c1-13(2,3)17-12(16)11-10(15-11)8-5-4-6-9(14)7-8/h4-7,10-11,15H,1-3H3/t10-,11-/m0/s1. The second-order valence-electron chi connectivity index (χ2n) is 5.21. The Hall–Kier alpha value is -1.42. The molecule has 4 heteroatoms. The number of halogens is 1. The van der Waals surface area contributed by atoms with Crippen LogP contribution in [0.4, 0.5) is 4.39 Å². The number of benzene rings is 1. The number of nitrogens with one attached hydrogen (secondary N) is 1. The molecule has 1 fully saturated rings. The van der Waals surface area contributed by atoms with Gasteiger partial charge in [0.2, 0.25) is 0 Å². The van der Waals surface area contributed by atoms with E-state index in [2.05, 4.69) is 5.32 Å². The summed E-state index contributed by atoms with van der Waals surface area (Å²) in [6.45, 7) is 5.47. The van der Waals surface area contributed by atoms with E-state index in [-0.39, 0.29) is 23.9 Å². The van der Waals surface area contributed by atoms with Crippen molar-refractivity contribution in [3.63, 3.8) is 0 Å². The predicted octanol–water partition coefficient (Wildman–Crippen LogP) is 2.18. The van der Waals surface area contributed by atoms with Crippen molar-refractivity contribution in [2.24, 2.45) is 0 Å². The smallest absolute Gasteiger partial charge is 0.325 e. The van der Waals surface area contributed by atoms with Gasteiger partial charge in [0.25, 0.3) is 0 Å². The van der Waals surface area contributed by atoms with Gasteiger partial charge in [0.15, 0.2) is 0 Å². The van der Waals surface area contributed by atoms with E-state index in [1.54, 1.807) is 12.1 Å². The lowest BCUT2D eigenvalue weighted by Gasteiger charge is -2.19. The highest BCUT2D eigenvalue weighted by Gasteiger charge is 2.45. The van der Waals surface area contributed by atoms with E-state index in [0.29, 0.717) is 0 Å². The van der Waals surface area contributed by atoms with Crippen LogP contribution in [0.2, 0.25) is 0 Å². The van der Waals surface area contributed by atoms with Crippen molar-refractivity contribution >= 4 is 5.97 Å². The summed E-state index contributed by atoms with van der Waals surface area (Å²) in [4.78, 5) is 11.7. The van der Waals surface area contributed by atoms with Crippen LogP contribution in [-0.2, 0) is 9.53 Å². The van der Waals surface area contributed by atoms with Gasteiger partial charge >= 0.3 is 5.97 Å². The van der Waals surface area contributed by atoms with Gasteiger partial charge in [0.1, 0.15) is 17.5 Å². The number of carbonyl (C=O) groups is 1. The Bertz CT molecular complexity index is 439. The molecule has 3 nitrogen and oxygen atoms in total. The average Bonchev–Trinajstić information content (AvgIpc) is 2.94. The van der Waals surface area contributed by atoms with Crippen molar-refractivity contribution in [3.05, 3.63) is 35.6 Å². The Balaban J connectivity index is 1.99. The summed E-state index contributed by atoms with van der Waals surface area (Å²) >= 11 is 0. The van der Waals surface area contributed by atoms with Gasteiger partial charge in [0, 0.05) is 0 Å². The van der Waals surface area contributed by atoms with E-state index in [1.807, 2.05) is 20.8 Å². The van der Waals surface area contributed by atoms with Crippen LogP contribution in [0.1, 0.15) is 32.4 Å². The first kappa shape index (κ1) is 12.0. The third kappa shape index (κ3) is 3.03. The van der Waals surface area contributed by atoms with Crippen molar-refractivity contribution < 1.29 is 13.9 Å². The molecule has 0 saturated carbocycles. The van der Waals surface area contributed by atoms with Crippen LogP contribution in [0.5, 0.6) is 0 Å². The lowest BCUT2D eigenvalue weighted by atomic mass is 10.1. The van der Waals surface area contributed by atoms with Crippen LogP contribution in [0.15, 0.2) is 24.3 Å². The summed E-state index contributed by atoms with van der Waals surface area (Å²) in [5, 5.41) is 2.99. The minimum atomic E-state index is -0.492. The second-order valence-corrected chi connectivity index (χ2v) is 5.21. The predicted molar refractivity (Wildman–Crippen MR) is 61.9 cm³/mol. The Kier molecular flexibility index (Phi) is 2.91. The average molecular weight is 237 g/mol. The summed E-state index contributed by atoms with van der Waals surface area (Å²) in [6, 6.07) is 5.77. The first-order valence-electron chi connectivity index (χ1n) is 5.61. The Morgan fingerprint density at radius 2 is 2.12 bits per heavy atom. The summed E-state index contributed by atoms with van der Waals surface area (Å²) in [5.74, 6) is -0.578. The molecular weight excluding hydrogens is 221 g/mol. The van der Waals surface area contributed by atoms with Crippen LogP contribution in [0.25, 0.3) is 0 Å². The number of carbonyl (C=O) groups excluding carboxylic acids is 1. The molecular formula is C13H16FNO2. The van der Waals surface area contributed by atoms with Gasteiger partial charge in [-0.3, -0.25) is 10.1 Å². The van der Waals surface area contributed by atoms with Crippen molar-refractivity contribution in [1.82, 2.24) is 5.32 Å². The van der Waals surface area contributed by atoms with Crippen LogP contribution in [0.3, 0.4) is 0 Å². The molecule has 17 heavy (non-hydrogen) atoms. The summed E-state index contributed by atoms with van der Waals surface area (Å²) < 4.78 is 18.3. The monoisotopic (exact) mass is 237 g/mol. The van der Waals surface area contributed by atoms with Crippen LogP contribution in [-0.4, -0.2) is 17.6 Å². The highest BCUT2D eigenvalue weighted by atomic mass is 19.1. The molecule has 0 aromatic heterocycles. The molecule has 1 saturated heterocycles. The van der Waals surface area contributed by atoms with Gasteiger partial charge in [0.05, 0.1) is 6.04 Å². The van der Waals surface area contributed by atoms with E-state index in [0.717, 1.165) is 5.56 Å². The fraction of sp³-hybridized carbons (Fsp3) is 0.462. The Labute approximate surface area is 100.0 Å². The second kappa shape index (κ2) is 4.11. The van der Waals surface area contributed by atoms with Gasteiger partial charge < -0.3 is 4.74 Å². The first-order valence-corrected chi connectivity index (χ1v) is 5.61. The van der Waals surface area contributed by atoms with Crippen molar-refractivity contribution in [2.45, 2.75) is 38.5 Å². The lowest BCUT2D eigenvalue weighted by Crippen LogP contribution is -2.27. The number of hydrogen-bond acceptors (Lipinski definition) is 3. The molecule has 1 aliphatic rings. The third-order valence-electron chi connectivity index (χ3n) is 2.45. The van der Waals surface area contributed by atoms with Gasteiger partial charge in [-0.15, -0.1) is 0 Å². The molecule has 2 atom stereocenters. The van der Waals surface area contributed by atoms with E-state index < -0.39 is 5.60 Å². The van der Waals surface area contributed by atoms with E-state index in [1.165, 1.54) is 12.1 Å². The highest BCUT2D eigenvalue weighted by Crippen LogP contribution is 2.31. The molecule has 1 aromatic rings. The van der Waals surface area contributed by atoms with Crippen molar-refractivity contribution in [1.29, 1.82) is 0 Å². The zero-order valence-electron chi connectivity index (χ0n) is 10.2. The maximum Gasteiger partial charge on any atom is 0.325 e. The normalized spacial score (nSPS) is 23.3. The molecule has 1 aromatic carbocycles. The first-order chi connectivity index (χ1) is 7.87. The molecule has 0 radical (unpaired) electrons. The summed E-state index contributed by atoms with van der Waals surface area (Å²) in [7, 11) is 0. The zero-order valence-corrected chi connectivity index (χ0v) is 10.2. The largest absolute Gasteiger partial charge is 0.459 e. The lowest BCUT2D eigenvalue weighted by molar-refractivity contribution is -0.154. The van der Waals surface area contributed by atoms with E-state index in [4.69, 9.17) is 4.74 Å². The maximum atomic E-state index is 13.0. The third-order valence-corrected chi connectivity index (χ3v) is 2.45. The van der Waals surface area contributed by atoms with Crippen LogP contribution < -0.4 is 5.32 Å². The number of esters is 1. The molecule has 92 valence electrons. The van der Waals surface area contributed by atoms with Crippen LogP contribution >= 0.6 is 0 Å².